The molecule has 0 amide bonds. The van der Waals surface area contributed by atoms with Gasteiger partial charge in [0.2, 0.25) is 0 Å². The first-order valence-corrected chi connectivity index (χ1v) is 9.28. The molecule has 11 nitrogen and oxygen atoms in total. The molecule has 0 aliphatic carbocycles. The third kappa shape index (κ3) is 5.30. The van der Waals surface area contributed by atoms with Gasteiger partial charge in [-0.1, -0.05) is 20.8 Å². The predicted octanol–water partition coefficient (Wildman–Crippen LogP) is 0.603. The van der Waals surface area contributed by atoms with Crippen molar-refractivity contribution in [1.29, 1.82) is 5.26 Å². The maximum absolute atomic E-state index is 12.0. The van der Waals surface area contributed by atoms with E-state index in [1.165, 1.54) is 6.20 Å². The average Bonchev–Trinajstić information content (AvgIpc) is 3.32. The zero-order chi connectivity index (χ0) is 21.6. The molecule has 0 radical (unpaired) electrons. The van der Waals surface area contributed by atoms with Crippen molar-refractivity contribution in [3.63, 3.8) is 0 Å². The van der Waals surface area contributed by atoms with Crippen LogP contribution in [-0.4, -0.2) is 52.4 Å². The summed E-state index contributed by atoms with van der Waals surface area (Å²) in [5, 5.41) is 9.02. The van der Waals surface area contributed by atoms with Gasteiger partial charge in [-0.25, -0.2) is 4.98 Å². The van der Waals surface area contributed by atoms with Crippen molar-refractivity contribution in [2.45, 2.75) is 70.7 Å². The number of nitriles is 1. The molecule has 29 heavy (non-hydrogen) atoms. The van der Waals surface area contributed by atoms with Crippen LogP contribution in [0.4, 0.5) is 0 Å². The van der Waals surface area contributed by atoms with Crippen molar-refractivity contribution in [3.8, 4) is 6.07 Å². The number of esters is 3. The number of rotatable bonds is 8. The van der Waals surface area contributed by atoms with E-state index in [-0.39, 0.29) is 30.8 Å². The summed E-state index contributed by atoms with van der Waals surface area (Å²) < 4.78 is 21.9. The Morgan fingerprint density at radius 1 is 1.17 bits per heavy atom. The maximum atomic E-state index is 12.0. The fourth-order valence-corrected chi connectivity index (χ4v) is 2.74. The molecule has 1 aromatic rings. The van der Waals surface area contributed by atoms with Gasteiger partial charge < -0.3 is 23.9 Å². The fraction of sp³-hybridized carbons (Fsp3) is 0.611. The molecule has 3 N–H and O–H groups in total. The highest BCUT2D eigenvalue weighted by molar-refractivity contribution is 5.71. The van der Waals surface area contributed by atoms with Gasteiger partial charge in [0, 0.05) is 19.3 Å². The van der Waals surface area contributed by atoms with Crippen LogP contribution in [0.2, 0.25) is 0 Å². The highest BCUT2D eigenvalue weighted by atomic mass is 16.7. The van der Waals surface area contributed by atoms with E-state index in [1.807, 2.05) is 6.07 Å². The van der Waals surface area contributed by atoms with Gasteiger partial charge in [0.1, 0.15) is 23.7 Å². The molecule has 11 heteroatoms. The summed E-state index contributed by atoms with van der Waals surface area (Å²) in [6.07, 6.45) is -4.15. The molecule has 1 aliphatic heterocycles. The summed E-state index contributed by atoms with van der Waals surface area (Å²) in [6.45, 7) is 4.80. The molecular weight excluding hydrogens is 384 g/mol. The van der Waals surface area contributed by atoms with Gasteiger partial charge in [0.15, 0.2) is 24.5 Å². The van der Waals surface area contributed by atoms with Crippen molar-refractivity contribution in [1.82, 2.24) is 9.97 Å². The number of imidazole rings is 1. The molecule has 5 atom stereocenters. The Balaban J connectivity index is 2.40. The van der Waals surface area contributed by atoms with Crippen LogP contribution in [0.1, 0.15) is 57.7 Å². The minimum atomic E-state index is -1.28. The third-order valence-electron chi connectivity index (χ3n) is 4.23. The fourth-order valence-electron chi connectivity index (χ4n) is 2.74. The van der Waals surface area contributed by atoms with Gasteiger partial charge in [0.05, 0.1) is 6.20 Å². The maximum Gasteiger partial charge on any atom is 0.307 e. The van der Waals surface area contributed by atoms with Crippen LogP contribution in [-0.2, 0) is 33.3 Å². The largest absolute Gasteiger partial charge is 0.455 e. The second-order valence-corrected chi connectivity index (χ2v) is 6.24. The number of ether oxygens (including phenoxy) is 4. The number of carbonyl (C=O) groups excluding carboxylic acids is 3. The predicted molar refractivity (Wildman–Crippen MR) is 95.6 cm³/mol. The standard InChI is InChI=1S/C18H24N4O7/c1-4-10(23)26-13-14(27-11(24)5-2)16(18-21-8-9(7-19)22-18)29-15(13)17(20)28-12(25)6-3/h8,13-17H,4-6,20H2,1-3H3,(H,21,22)/t13-,14+,15-,16+,17?/m0/s1. The minimum Gasteiger partial charge on any atom is -0.455 e. The van der Waals surface area contributed by atoms with Crippen molar-refractivity contribution < 1.29 is 33.3 Å². The second-order valence-electron chi connectivity index (χ2n) is 6.24. The highest BCUT2D eigenvalue weighted by Gasteiger charge is 2.54. The van der Waals surface area contributed by atoms with Gasteiger partial charge >= 0.3 is 17.9 Å². The summed E-state index contributed by atoms with van der Waals surface area (Å²) in [4.78, 5) is 42.4. The summed E-state index contributed by atoms with van der Waals surface area (Å²) in [5.74, 6) is -1.53. The van der Waals surface area contributed by atoms with Crippen LogP contribution in [0.3, 0.4) is 0 Å². The molecule has 0 saturated carbocycles. The quantitative estimate of drug-likeness (QED) is 0.353. The number of nitrogens with one attached hydrogen (secondary N) is 1. The highest BCUT2D eigenvalue weighted by Crippen LogP contribution is 2.38. The van der Waals surface area contributed by atoms with E-state index in [9.17, 15) is 14.4 Å². The zero-order valence-electron chi connectivity index (χ0n) is 16.4. The first-order chi connectivity index (χ1) is 13.8. The van der Waals surface area contributed by atoms with E-state index < -0.39 is 48.6 Å². The SMILES string of the molecule is CCC(=O)OC(N)[C@H]1O[C@@H](c2ncc(C#N)[nH]2)[C@H](OC(=O)CC)[C@@H]1OC(=O)CC. The third-order valence-corrected chi connectivity index (χ3v) is 4.23. The summed E-state index contributed by atoms with van der Waals surface area (Å²) in [7, 11) is 0. The summed E-state index contributed by atoms with van der Waals surface area (Å²) in [5.41, 5.74) is 6.14. The van der Waals surface area contributed by atoms with Crippen molar-refractivity contribution >= 4 is 17.9 Å². The number of hydrogen-bond acceptors (Lipinski definition) is 10. The number of aromatic nitrogens is 2. The van der Waals surface area contributed by atoms with Gasteiger partial charge in [-0.3, -0.25) is 20.1 Å². The molecular formula is C18H24N4O7. The number of nitrogens with zero attached hydrogens (tertiary/aromatic N) is 2. The smallest absolute Gasteiger partial charge is 0.307 e. The van der Waals surface area contributed by atoms with E-state index in [0.717, 1.165) is 0 Å². The average molecular weight is 408 g/mol. The number of H-pyrrole nitrogens is 1. The Labute approximate surface area is 167 Å². The molecule has 0 bridgehead atoms. The Morgan fingerprint density at radius 2 is 1.76 bits per heavy atom. The van der Waals surface area contributed by atoms with Crippen LogP contribution >= 0.6 is 0 Å². The van der Waals surface area contributed by atoms with Gasteiger partial charge in [-0.2, -0.15) is 5.26 Å². The molecule has 0 spiro atoms. The van der Waals surface area contributed by atoms with Crippen molar-refractivity contribution in [3.05, 3.63) is 17.7 Å². The van der Waals surface area contributed by atoms with E-state index in [2.05, 4.69) is 9.97 Å². The van der Waals surface area contributed by atoms with Gasteiger partial charge in [-0.05, 0) is 0 Å². The summed E-state index contributed by atoms with van der Waals surface area (Å²) in [6, 6.07) is 1.90. The molecule has 2 heterocycles. The monoisotopic (exact) mass is 408 g/mol. The number of carbonyl (C=O) groups is 3. The molecule has 158 valence electrons. The zero-order valence-corrected chi connectivity index (χ0v) is 16.4. The van der Waals surface area contributed by atoms with Crippen LogP contribution < -0.4 is 5.73 Å². The van der Waals surface area contributed by atoms with Crippen molar-refractivity contribution in [2.24, 2.45) is 5.73 Å². The Hall–Kier alpha value is -2.97. The molecule has 1 fully saturated rings. The van der Waals surface area contributed by atoms with Crippen LogP contribution in [0.5, 0.6) is 0 Å². The lowest BCUT2D eigenvalue weighted by Gasteiger charge is -2.26. The lowest BCUT2D eigenvalue weighted by atomic mass is 10.1. The molecule has 2 rings (SSSR count). The number of nitrogens with two attached hydrogens (primary N) is 1. The Bertz CT molecular complexity index is 787. The lowest BCUT2D eigenvalue weighted by Crippen LogP contribution is -2.48. The molecule has 1 aliphatic rings. The Morgan fingerprint density at radius 3 is 2.28 bits per heavy atom. The van der Waals surface area contributed by atoms with Gasteiger partial charge in [0.25, 0.3) is 0 Å². The van der Waals surface area contributed by atoms with Crippen molar-refractivity contribution in [2.75, 3.05) is 0 Å². The summed E-state index contributed by atoms with van der Waals surface area (Å²) >= 11 is 0. The Kier molecular flexibility index (Phi) is 7.69. The van der Waals surface area contributed by atoms with Crippen LogP contribution in [0, 0.1) is 11.3 Å². The van der Waals surface area contributed by atoms with E-state index in [1.54, 1.807) is 20.8 Å². The normalized spacial score (nSPS) is 24.4. The van der Waals surface area contributed by atoms with E-state index in [0.29, 0.717) is 0 Å². The topological polar surface area (TPSA) is 167 Å². The molecule has 1 aromatic heterocycles. The first kappa shape index (κ1) is 22.3. The second kappa shape index (κ2) is 9.99. The van der Waals surface area contributed by atoms with Crippen LogP contribution in [0.15, 0.2) is 6.20 Å². The number of hydrogen-bond donors (Lipinski definition) is 2. The van der Waals surface area contributed by atoms with Gasteiger partial charge in [-0.15, -0.1) is 0 Å². The van der Waals surface area contributed by atoms with Crippen LogP contribution in [0.25, 0.3) is 0 Å². The van der Waals surface area contributed by atoms with E-state index in [4.69, 9.17) is 29.9 Å². The molecule has 1 unspecified atom stereocenters. The van der Waals surface area contributed by atoms with E-state index >= 15 is 0 Å². The minimum absolute atomic E-state index is 0.0612. The number of aromatic amines is 1. The first-order valence-electron chi connectivity index (χ1n) is 9.28. The molecule has 0 aromatic carbocycles. The molecule has 1 saturated heterocycles. The lowest BCUT2D eigenvalue weighted by molar-refractivity contribution is -0.172.